The van der Waals surface area contributed by atoms with E-state index in [2.05, 4.69) is 16.9 Å². The van der Waals surface area contributed by atoms with Crippen molar-refractivity contribution >= 4 is 23.3 Å². The van der Waals surface area contributed by atoms with Crippen molar-refractivity contribution in [3.63, 3.8) is 0 Å². The Labute approximate surface area is 132 Å². The number of nitrogens with two attached hydrogens (primary N) is 2. The molecular formula is C17H25N5. The van der Waals surface area contributed by atoms with Gasteiger partial charge in [0.15, 0.2) is 0 Å². The largest absolute Gasteiger partial charge is 0.398 e. The number of rotatable bonds is 8. The van der Waals surface area contributed by atoms with Crippen molar-refractivity contribution in [2.45, 2.75) is 19.8 Å². The van der Waals surface area contributed by atoms with Crippen molar-refractivity contribution in [1.29, 1.82) is 5.41 Å². The highest BCUT2D eigenvalue weighted by Crippen LogP contribution is 2.24. The van der Waals surface area contributed by atoms with E-state index in [-0.39, 0.29) is 0 Å². The Morgan fingerprint density at radius 3 is 2.73 bits per heavy atom. The maximum absolute atomic E-state index is 7.57. The van der Waals surface area contributed by atoms with Crippen LogP contribution in [0.2, 0.25) is 0 Å². The molecule has 0 aliphatic heterocycles. The van der Waals surface area contributed by atoms with Crippen LogP contribution in [0, 0.1) is 5.41 Å². The molecule has 5 heteroatoms. The highest BCUT2D eigenvalue weighted by Gasteiger charge is 2.14. The molecule has 0 radical (unpaired) electrons. The van der Waals surface area contributed by atoms with E-state index in [4.69, 9.17) is 16.9 Å². The summed E-state index contributed by atoms with van der Waals surface area (Å²) in [6.07, 6.45) is 4.43. The first-order valence-electron chi connectivity index (χ1n) is 7.28. The lowest BCUT2D eigenvalue weighted by Gasteiger charge is -2.16. The van der Waals surface area contributed by atoms with Crippen LogP contribution < -0.4 is 16.8 Å². The minimum Gasteiger partial charge on any atom is -0.398 e. The molecule has 6 N–H and O–H groups in total. The number of allylic oxidation sites excluding steroid dienone is 1. The molecule has 1 aromatic rings. The van der Waals surface area contributed by atoms with Gasteiger partial charge in [-0.05, 0) is 24.3 Å². The maximum Gasteiger partial charge on any atom is 0.0445 e. The molecule has 0 saturated heterocycles. The molecule has 0 aromatic heterocycles. The fourth-order valence-electron chi connectivity index (χ4n) is 2.38. The molecule has 0 spiro atoms. The number of nitrogens with one attached hydrogen (secondary N) is 2. The summed E-state index contributed by atoms with van der Waals surface area (Å²) in [6.45, 7) is 6.43. The zero-order valence-corrected chi connectivity index (χ0v) is 13.3. The second-order valence-electron chi connectivity index (χ2n) is 4.78. The Kier molecular flexibility index (Phi) is 6.89. The van der Waals surface area contributed by atoms with Crippen LogP contribution in [0.1, 0.15) is 30.9 Å². The molecule has 1 aromatic carbocycles. The second-order valence-corrected chi connectivity index (χ2v) is 4.78. The van der Waals surface area contributed by atoms with Crippen molar-refractivity contribution in [3.05, 3.63) is 47.7 Å². The van der Waals surface area contributed by atoms with Crippen molar-refractivity contribution in [2.75, 3.05) is 19.3 Å². The van der Waals surface area contributed by atoms with Gasteiger partial charge in [0.05, 0.1) is 0 Å². The molecular weight excluding hydrogens is 274 g/mol. The predicted octanol–water partition coefficient (Wildman–Crippen LogP) is 2.54. The minimum absolute atomic E-state index is 0.550. The molecule has 0 unspecified atom stereocenters. The lowest BCUT2D eigenvalue weighted by Crippen LogP contribution is -2.17. The lowest BCUT2D eigenvalue weighted by atomic mass is 9.95. The summed E-state index contributed by atoms with van der Waals surface area (Å²) in [7, 11) is 1.77. The van der Waals surface area contributed by atoms with E-state index in [0.717, 1.165) is 36.2 Å². The predicted molar refractivity (Wildman–Crippen MR) is 96.3 cm³/mol. The third-order valence-electron chi connectivity index (χ3n) is 3.52. The van der Waals surface area contributed by atoms with Crippen LogP contribution in [0.4, 0.5) is 5.69 Å². The molecule has 0 saturated carbocycles. The third-order valence-corrected chi connectivity index (χ3v) is 3.52. The molecule has 0 amide bonds. The zero-order valence-electron chi connectivity index (χ0n) is 13.3. The molecule has 1 rings (SSSR count). The van der Waals surface area contributed by atoms with Gasteiger partial charge in [-0.3, -0.25) is 4.99 Å². The van der Waals surface area contributed by atoms with E-state index in [9.17, 15) is 0 Å². The van der Waals surface area contributed by atoms with Crippen molar-refractivity contribution in [2.24, 2.45) is 10.7 Å². The summed E-state index contributed by atoms with van der Waals surface area (Å²) in [5.41, 5.74) is 16.9. The first-order valence-corrected chi connectivity index (χ1v) is 7.28. The van der Waals surface area contributed by atoms with Gasteiger partial charge in [-0.1, -0.05) is 25.6 Å². The summed E-state index contributed by atoms with van der Waals surface area (Å²) >= 11 is 0. The van der Waals surface area contributed by atoms with E-state index >= 15 is 0 Å². The van der Waals surface area contributed by atoms with Crippen molar-refractivity contribution in [3.8, 4) is 0 Å². The highest BCUT2D eigenvalue weighted by atomic mass is 14.8. The molecule has 0 atom stereocenters. The fraction of sp³-hybridized carbons (Fsp3) is 0.294. The summed E-state index contributed by atoms with van der Waals surface area (Å²) in [5, 5.41) is 10.6. The normalized spacial score (nSPS) is 12.5. The molecule has 0 aliphatic carbocycles. The van der Waals surface area contributed by atoms with Crippen LogP contribution in [-0.2, 0) is 0 Å². The Bertz CT molecular complexity index is 599. The van der Waals surface area contributed by atoms with E-state index < -0.39 is 0 Å². The topological polar surface area (TPSA) is 100 Å². The van der Waals surface area contributed by atoms with Crippen LogP contribution in [0.5, 0.6) is 0 Å². The smallest absolute Gasteiger partial charge is 0.0445 e. The standard InChI is InChI=1S/C17H25N5/c1-4-12(16(21-3)9-10-22-5-2)17(20)13-7-6-8-15(19)14(13)11-18/h5-8,11,18,22H,2,4,9-10,19-20H2,1,3H3. The van der Waals surface area contributed by atoms with Crippen LogP contribution >= 0.6 is 0 Å². The average Bonchev–Trinajstić information content (AvgIpc) is 2.53. The number of aliphatic imine (C=N–C) groups is 1. The summed E-state index contributed by atoms with van der Waals surface area (Å²) in [6, 6.07) is 5.50. The molecule has 0 aliphatic rings. The summed E-state index contributed by atoms with van der Waals surface area (Å²) in [5.74, 6) is 0. The molecule has 118 valence electrons. The monoisotopic (exact) mass is 299 g/mol. The molecule has 5 nitrogen and oxygen atoms in total. The first-order chi connectivity index (χ1) is 10.6. The Hall–Kier alpha value is -2.56. The van der Waals surface area contributed by atoms with Gasteiger partial charge in [0.1, 0.15) is 0 Å². The molecule has 0 fully saturated rings. The summed E-state index contributed by atoms with van der Waals surface area (Å²) < 4.78 is 0. The van der Waals surface area contributed by atoms with Gasteiger partial charge in [0, 0.05) is 54.5 Å². The third kappa shape index (κ3) is 3.97. The summed E-state index contributed by atoms with van der Waals surface area (Å²) in [4.78, 5) is 4.37. The van der Waals surface area contributed by atoms with Gasteiger partial charge >= 0.3 is 0 Å². The number of anilines is 1. The van der Waals surface area contributed by atoms with E-state index in [1.807, 2.05) is 19.1 Å². The quantitative estimate of drug-likeness (QED) is 0.337. The SMILES string of the molecule is C=CNCCC(=NC)C(CC)=C(N)c1cccc(N)c1C=N. The van der Waals surface area contributed by atoms with Crippen LogP contribution in [0.25, 0.3) is 5.70 Å². The average molecular weight is 299 g/mol. The van der Waals surface area contributed by atoms with Crippen molar-refractivity contribution < 1.29 is 0 Å². The number of nitrogen functional groups attached to an aromatic ring is 1. The van der Waals surface area contributed by atoms with Gasteiger partial charge in [-0.25, -0.2) is 0 Å². The second kappa shape index (κ2) is 8.67. The van der Waals surface area contributed by atoms with Crippen LogP contribution in [-0.4, -0.2) is 25.5 Å². The molecule has 0 bridgehead atoms. The van der Waals surface area contributed by atoms with Gasteiger partial charge in [0.25, 0.3) is 0 Å². The fourth-order valence-corrected chi connectivity index (χ4v) is 2.38. The number of benzene rings is 1. The molecule has 0 heterocycles. The molecule has 22 heavy (non-hydrogen) atoms. The Balaban J connectivity index is 3.29. The Morgan fingerprint density at radius 2 is 2.18 bits per heavy atom. The van der Waals surface area contributed by atoms with E-state index in [1.54, 1.807) is 19.3 Å². The van der Waals surface area contributed by atoms with E-state index in [1.165, 1.54) is 6.21 Å². The zero-order chi connectivity index (χ0) is 16.5. The van der Waals surface area contributed by atoms with Gasteiger partial charge in [-0.15, -0.1) is 0 Å². The number of hydrogen-bond donors (Lipinski definition) is 4. The van der Waals surface area contributed by atoms with Gasteiger partial charge in [-0.2, -0.15) is 0 Å². The first kappa shape index (κ1) is 17.5. The Morgan fingerprint density at radius 1 is 1.45 bits per heavy atom. The lowest BCUT2D eigenvalue weighted by molar-refractivity contribution is 0.869. The number of nitrogens with zero attached hydrogens (tertiary/aromatic N) is 1. The van der Waals surface area contributed by atoms with Crippen LogP contribution in [0.3, 0.4) is 0 Å². The van der Waals surface area contributed by atoms with Crippen molar-refractivity contribution in [1.82, 2.24) is 5.32 Å². The van der Waals surface area contributed by atoms with Gasteiger partial charge in [0.2, 0.25) is 0 Å². The highest BCUT2D eigenvalue weighted by molar-refractivity contribution is 6.07. The maximum atomic E-state index is 7.57. The number of hydrogen-bond acceptors (Lipinski definition) is 5. The van der Waals surface area contributed by atoms with Gasteiger partial charge < -0.3 is 22.2 Å². The minimum atomic E-state index is 0.550. The van der Waals surface area contributed by atoms with E-state index in [0.29, 0.717) is 16.9 Å². The van der Waals surface area contributed by atoms with Crippen LogP contribution in [0.15, 0.2) is 41.5 Å².